The van der Waals surface area contributed by atoms with Gasteiger partial charge in [-0.15, -0.1) is 11.3 Å². The molecule has 0 aliphatic rings. The molecule has 0 N–H and O–H groups in total. The second kappa shape index (κ2) is 8.23. The van der Waals surface area contributed by atoms with Gasteiger partial charge in [-0.05, 0) is 46.9 Å². The molecule has 0 bridgehead atoms. The molecule has 0 radical (unpaired) electrons. The van der Waals surface area contributed by atoms with Gasteiger partial charge in [-0.25, -0.2) is 4.98 Å². The van der Waals surface area contributed by atoms with E-state index >= 15 is 0 Å². The Labute approximate surface area is 163 Å². The number of benzene rings is 2. The minimum Gasteiger partial charge on any atom is -0.486 e. The van der Waals surface area contributed by atoms with Crippen LogP contribution >= 0.6 is 33.9 Å². The number of ketones is 1. The summed E-state index contributed by atoms with van der Waals surface area (Å²) in [5, 5.41) is 11.8. The predicted molar refractivity (Wildman–Crippen MR) is 106 cm³/mol. The van der Waals surface area contributed by atoms with E-state index in [1.165, 1.54) is 11.3 Å². The van der Waals surface area contributed by atoms with Crippen molar-refractivity contribution in [1.82, 2.24) is 4.98 Å². The summed E-state index contributed by atoms with van der Waals surface area (Å²) in [7, 11) is 0. The standard InChI is InChI=1S/C19H13IN2O2S/c20-14-6-8-15(9-7-14)24-11-18(23)16(10-21)19-22-17(12-25-19)13-4-2-1-3-5-13/h1-9,12,16H,11H2. The van der Waals surface area contributed by atoms with Crippen molar-refractivity contribution in [2.75, 3.05) is 6.61 Å². The molecule has 0 spiro atoms. The lowest BCUT2D eigenvalue weighted by molar-refractivity contribution is -0.121. The van der Waals surface area contributed by atoms with Crippen LogP contribution in [0.3, 0.4) is 0 Å². The van der Waals surface area contributed by atoms with Gasteiger partial charge in [-0.1, -0.05) is 30.3 Å². The number of nitriles is 1. The number of nitrogens with zero attached hydrogens (tertiary/aromatic N) is 2. The molecule has 6 heteroatoms. The molecule has 1 atom stereocenters. The Balaban J connectivity index is 1.69. The van der Waals surface area contributed by atoms with E-state index < -0.39 is 5.92 Å². The quantitative estimate of drug-likeness (QED) is 0.502. The highest BCUT2D eigenvalue weighted by molar-refractivity contribution is 14.1. The molecule has 124 valence electrons. The molecule has 25 heavy (non-hydrogen) atoms. The normalized spacial score (nSPS) is 11.5. The number of Topliss-reactive ketones (excluding diaryl/α,β-unsaturated/α-hetero) is 1. The van der Waals surface area contributed by atoms with Gasteiger partial charge >= 0.3 is 0 Å². The van der Waals surface area contributed by atoms with E-state index in [-0.39, 0.29) is 12.4 Å². The second-order valence-corrected chi connectivity index (χ2v) is 7.34. The molecule has 4 nitrogen and oxygen atoms in total. The molecule has 2 aromatic carbocycles. The molecule has 1 unspecified atom stereocenters. The predicted octanol–water partition coefficient (Wildman–Crippen LogP) is 4.67. The third-order valence-electron chi connectivity index (χ3n) is 3.48. The van der Waals surface area contributed by atoms with Crippen LogP contribution in [0.4, 0.5) is 0 Å². The largest absolute Gasteiger partial charge is 0.486 e. The summed E-state index contributed by atoms with van der Waals surface area (Å²) in [6.45, 7) is -0.154. The first-order valence-electron chi connectivity index (χ1n) is 7.49. The smallest absolute Gasteiger partial charge is 0.194 e. The van der Waals surface area contributed by atoms with E-state index in [1.54, 1.807) is 12.1 Å². The fourth-order valence-corrected chi connectivity index (χ4v) is 3.45. The third-order valence-corrected chi connectivity index (χ3v) is 5.11. The number of thiazole rings is 1. The van der Waals surface area contributed by atoms with Crippen LogP contribution < -0.4 is 4.74 Å². The Morgan fingerprint density at radius 1 is 1.20 bits per heavy atom. The van der Waals surface area contributed by atoms with Crippen LogP contribution in [0, 0.1) is 14.9 Å². The molecule has 0 aliphatic carbocycles. The maximum Gasteiger partial charge on any atom is 0.194 e. The summed E-state index contributed by atoms with van der Waals surface area (Å²) in [6.07, 6.45) is 0. The van der Waals surface area contributed by atoms with Crippen molar-refractivity contribution >= 4 is 39.7 Å². The van der Waals surface area contributed by atoms with Gasteiger partial charge in [0.2, 0.25) is 0 Å². The van der Waals surface area contributed by atoms with E-state index in [1.807, 2.05) is 53.9 Å². The Morgan fingerprint density at radius 3 is 2.60 bits per heavy atom. The average molecular weight is 460 g/mol. The number of ether oxygens (including phenoxy) is 1. The van der Waals surface area contributed by atoms with Crippen LogP contribution in [-0.2, 0) is 4.79 Å². The van der Waals surface area contributed by atoms with Gasteiger partial charge in [-0.3, -0.25) is 4.79 Å². The number of rotatable bonds is 6. The Hall–Kier alpha value is -2.24. The maximum atomic E-state index is 12.4. The van der Waals surface area contributed by atoms with Crippen molar-refractivity contribution in [3.63, 3.8) is 0 Å². The molecule has 0 saturated carbocycles. The van der Waals surface area contributed by atoms with Crippen molar-refractivity contribution < 1.29 is 9.53 Å². The van der Waals surface area contributed by atoms with Crippen LogP contribution in [0.25, 0.3) is 11.3 Å². The maximum absolute atomic E-state index is 12.4. The number of aromatic nitrogens is 1. The molecule has 1 aromatic heterocycles. The highest BCUT2D eigenvalue weighted by Gasteiger charge is 2.24. The van der Waals surface area contributed by atoms with Gasteiger partial charge in [0.1, 0.15) is 17.4 Å². The van der Waals surface area contributed by atoms with Gasteiger partial charge < -0.3 is 4.74 Å². The highest BCUT2D eigenvalue weighted by atomic mass is 127. The van der Waals surface area contributed by atoms with Crippen molar-refractivity contribution in [2.24, 2.45) is 0 Å². The summed E-state index contributed by atoms with van der Waals surface area (Å²) in [6, 6.07) is 19.1. The number of hydrogen-bond acceptors (Lipinski definition) is 5. The Morgan fingerprint density at radius 2 is 1.92 bits per heavy atom. The summed E-state index contributed by atoms with van der Waals surface area (Å²) in [5.41, 5.74) is 1.73. The van der Waals surface area contributed by atoms with Gasteiger partial charge in [0, 0.05) is 14.5 Å². The zero-order chi connectivity index (χ0) is 17.6. The average Bonchev–Trinajstić information content (AvgIpc) is 3.12. The molecule has 0 saturated heterocycles. The van der Waals surface area contributed by atoms with E-state index in [9.17, 15) is 10.1 Å². The monoisotopic (exact) mass is 460 g/mol. The molecule has 0 fully saturated rings. The SMILES string of the molecule is N#CC(C(=O)COc1ccc(I)cc1)c1nc(-c2ccccc2)cs1. The van der Waals surface area contributed by atoms with Crippen LogP contribution in [-0.4, -0.2) is 17.4 Å². The first-order valence-corrected chi connectivity index (χ1v) is 9.45. The van der Waals surface area contributed by atoms with Gasteiger partial charge in [0.15, 0.2) is 11.7 Å². The van der Waals surface area contributed by atoms with E-state index in [2.05, 4.69) is 27.6 Å². The lowest BCUT2D eigenvalue weighted by Gasteiger charge is -2.08. The van der Waals surface area contributed by atoms with Gasteiger partial charge in [0.25, 0.3) is 0 Å². The van der Waals surface area contributed by atoms with E-state index in [0.29, 0.717) is 10.8 Å². The zero-order valence-electron chi connectivity index (χ0n) is 13.1. The fourth-order valence-electron chi connectivity index (χ4n) is 2.20. The van der Waals surface area contributed by atoms with E-state index in [4.69, 9.17) is 4.74 Å². The Kier molecular flexibility index (Phi) is 5.79. The first-order chi connectivity index (χ1) is 12.2. The summed E-state index contributed by atoms with van der Waals surface area (Å²) >= 11 is 3.52. The summed E-state index contributed by atoms with van der Waals surface area (Å²) in [5.74, 6) is -0.601. The number of hydrogen-bond donors (Lipinski definition) is 0. The number of carbonyl (C=O) groups excluding carboxylic acids is 1. The highest BCUT2D eigenvalue weighted by Crippen LogP contribution is 2.27. The fraction of sp³-hybridized carbons (Fsp3) is 0.105. The minimum atomic E-state index is -0.911. The van der Waals surface area contributed by atoms with Crippen molar-refractivity contribution in [1.29, 1.82) is 5.26 Å². The second-order valence-electron chi connectivity index (χ2n) is 5.21. The molecule has 1 heterocycles. The molecule has 3 aromatic rings. The van der Waals surface area contributed by atoms with Crippen LogP contribution in [0.1, 0.15) is 10.9 Å². The number of carbonyl (C=O) groups is 1. The lowest BCUT2D eigenvalue weighted by atomic mass is 10.1. The summed E-state index contributed by atoms with van der Waals surface area (Å²) < 4.78 is 6.58. The zero-order valence-corrected chi connectivity index (χ0v) is 16.0. The molecular weight excluding hydrogens is 447 g/mol. The molecule has 0 amide bonds. The van der Waals surface area contributed by atoms with Crippen LogP contribution in [0.2, 0.25) is 0 Å². The minimum absolute atomic E-state index is 0.154. The van der Waals surface area contributed by atoms with Crippen molar-refractivity contribution in [2.45, 2.75) is 5.92 Å². The van der Waals surface area contributed by atoms with Gasteiger partial charge in [0.05, 0.1) is 11.8 Å². The lowest BCUT2D eigenvalue weighted by Crippen LogP contribution is -2.19. The first kappa shape index (κ1) is 17.6. The third kappa shape index (κ3) is 4.44. The van der Waals surface area contributed by atoms with E-state index in [0.717, 1.165) is 14.8 Å². The Bertz CT molecular complexity index is 901. The molecule has 3 rings (SSSR count). The molecule has 0 aliphatic heterocycles. The molecular formula is C19H13IN2O2S. The van der Waals surface area contributed by atoms with Crippen molar-refractivity contribution in [3.8, 4) is 23.1 Å². The topological polar surface area (TPSA) is 63.0 Å². The van der Waals surface area contributed by atoms with Crippen molar-refractivity contribution in [3.05, 3.63) is 68.6 Å². The number of halogens is 1. The van der Waals surface area contributed by atoms with Gasteiger partial charge in [-0.2, -0.15) is 5.26 Å². The summed E-state index contributed by atoms with van der Waals surface area (Å²) in [4.78, 5) is 16.8. The van der Waals surface area contributed by atoms with Crippen LogP contribution in [0.15, 0.2) is 60.0 Å². The van der Waals surface area contributed by atoms with Crippen LogP contribution in [0.5, 0.6) is 5.75 Å².